The maximum Gasteiger partial charge on any atom is 0.250 e. The molecule has 9 nitrogen and oxygen atoms in total. The van der Waals surface area contributed by atoms with Gasteiger partial charge in [-0.15, -0.1) is 17.9 Å². The van der Waals surface area contributed by atoms with E-state index in [0.717, 1.165) is 17.4 Å². The van der Waals surface area contributed by atoms with Gasteiger partial charge in [-0.05, 0) is 49.3 Å². The van der Waals surface area contributed by atoms with Crippen molar-refractivity contribution in [3.63, 3.8) is 0 Å². The van der Waals surface area contributed by atoms with Gasteiger partial charge in [-0.1, -0.05) is 36.4 Å². The monoisotopic (exact) mass is 536 g/mol. The van der Waals surface area contributed by atoms with Crippen molar-refractivity contribution in [1.82, 2.24) is 15.2 Å². The molecule has 10 heteroatoms. The fraction of sp³-hybridized carbons (Fsp3) is 0.321. The lowest BCUT2D eigenvalue weighted by atomic mass is 9.94. The van der Waals surface area contributed by atoms with Crippen molar-refractivity contribution in [2.45, 2.75) is 32.6 Å². The number of amides is 2. The van der Waals surface area contributed by atoms with Crippen LogP contribution in [0.4, 0.5) is 5.13 Å². The van der Waals surface area contributed by atoms with E-state index in [-0.39, 0.29) is 42.2 Å². The topological polar surface area (TPSA) is 141 Å². The number of hydrogen-bond donors (Lipinski definition) is 4. The third kappa shape index (κ3) is 9.11. The molecule has 1 unspecified atom stereocenters. The average Bonchev–Trinajstić information content (AvgIpc) is 3.38. The van der Waals surface area contributed by atoms with Gasteiger partial charge in [0.1, 0.15) is 17.8 Å². The van der Waals surface area contributed by atoms with E-state index in [9.17, 15) is 14.4 Å². The number of rotatable bonds is 15. The number of allylic oxidation sites excluding steroid dienone is 2. The van der Waals surface area contributed by atoms with E-state index in [1.807, 2.05) is 37.3 Å². The molecule has 0 saturated carbocycles. The molecule has 0 bridgehead atoms. The van der Waals surface area contributed by atoms with Crippen LogP contribution in [0.5, 0.6) is 0 Å². The summed E-state index contributed by atoms with van der Waals surface area (Å²) in [6, 6.07) is 7.92. The van der Waals surface area contributed by atoms with Gasteiger partial charge >= 0.3 is 0 Å². The lowest BCUT2D eigenvalue weighted by molar-refractivity contribution is -0.118. The number of thiazole rings is 1. The van der Waals surface area contributed by atoms with E-state index < -0.39 is 0 Å². The lowest BCUT2D eigenvalue weighted by Crippen LogP contribution is -2.32. The maximum absolute atomic E-state index is 12.5. The summed E-state index contributed by atoms with van der Waals surface area (Å²) in [5.41, 5.74) is 9.40. The van der Waals surface area contributed by atoms with Gasteiger partial charge in [-0.3, -0.25) is 15.0 Å². The van der Waals surface area contributed by atoms with Gasteiger partial charge in [0.05, 0.1) is 17.8 Å². The van der Waals surface area contributed by atoms with Crippen molar-refractivity contribution in [3.05, 3.63) is 76.6 Å². The summed E-state index contributed by atoms with van der Waals surface area (Å²) in [7, 11) is 3.17. The van der Waals surface area contributed by atoms with Gasteiger partial charge in [0, 0.05) is 25.9 Å². The summed E-state index contributed by atoms with van der Waals surface area (Å²) >= 11 is 1.27. The van der Waals surface area contributed by atoms with Crippen molar-refractivity contribution in [2.24, 2.45) is 11.7 Å². The van der Waals surface area contributed by atoms with E-state index in [2.05, 4.69) is 22.2 Å². The second-order valence-electron chi connectivity index (χ2n) is 8.75. The highest BCUT2D eigenvalue weighted by atomic mass is 32.1. The number of hydrogen-bond acceptors (Lipinski definition) is 8. The van der Waals surface area contributed by atoms with Crippen LogP contribution in [0.15, 0.2) is 59.8 Å². The molecular formula is C28H36N6O3S. The average molecular weight is 537 g/mol. The van der Waals surface area contributed by atoms with Gasteiger partial charge < -0.3 is 26.1 Å². The third-order valence-electron chi connectivity index (χ3n) is 6.06. The fourth-order valence-corrected chi connectivity index (χ4v) is 4.37. The zero-order valence-electron chi connectivity index (χ0n) is 22.1. The largest absolute Gasteiger partial charge is 0.385 e. The van der Waals surface area contributed by atoms with Gasteiger partial charge in [-0.2, -0.15) is 0 Å². The number of benzene rings is 1. The molecular weight excluding hydrogens is 500 g/mol. The lowest BCUT2D eigenvalue weighted by Gasteiger charge is -2.21. The number of aldehydes is 1. The Kier molecular flexibility index (Phi) is 12.1. The highest BCUT2D eigenvalue weighted by Gasteiger charge is 2.18. The molecule has 1 heterocycles. The Bertz CT molecular complexity index is 1220. The predicted molar refractivity (Wildman–Crippen MR) is 154 cm³/mol. The smallest absolute Gasteiger partial charge is 0.250 e. The number of nitrogens with two attached hydrogens (primary N) is 1. The fourth-order valence-electron chi connectivity index (χ4n) is 3.64. The molecule has 2 amide bonds. The number of nitrogens with one attached hydrogen (secondary N) is 3. The molecule has 0 aliphatic carbocycles. The molecule has 0 saturated heterocycles. The maximum atomic E-state index is 12.5. The van der Waals surface area contributed by atoms with Crippen molar-refractivity contribution in [2.75, 3.05) is 26.0 Å². The second-order valence-corrected chi connectivity index (χ2v) is 9.61. The van der Waals surface area contributed by atoms with Crippen LogP contribution in [0.3, 0.4) is 0 Å². The summed E-state index contributed by atoms with van der Waals surface area (Å²) in [5.74, 6) is -0.265. The molecule has 202 valence electrons. The Balaban J connectivity index is 1.91. The van der Waals surface area contributed by atoms with Crippen molar-refractivity contribution in [1.29, 1.82) is 5.41 Å². The minimum atomic E-state index is -0.306. The summed E-state index contributed by atoms with van der Waals surface area (Å²) in [6.45, 7) is 5.96. The van der Waals surface area contributed by atoms with Crippen molar-refractivity contribution in [3.8, 4) is 0 Å². The molecule has 1 atom stereocenters. The van der Waals surface area contributed by atoms with Gasteiger partial charge in [-0.25, -0.2) is 4.98 Å². The van der Waals surface area contributed by atoms with Gasteiger partial charge in [0.15, 0.2) is 5.13 Å². The first-order valence-electron chi connectivity index (χ1n) is 12.3. The Morgan fingerprint density at radius 3 is 2.63 bits per heavy atom. The van der Waals surface area contributed by atoms with E-state index >= 15 is 0 Å². The number of anilines is 1. The SMILES string of the molecule is C=CC(CCC(=O)Nc1nc(C(=N)/C=C\c2ccccc2C)cs1)CC/C(C(=O)NC)=C(\N)N(C)CC=O. The molecule has 1 aromatic carbocycles. The number of carbonyl (C=O) groups is 3. The molecule has 38 heavy (non-hydrogen) atoms. The molecule has 0 fully saturated rings. The van der Waals surface area contributed by atoms with Crippen LogP contribution < -0.4 is 16.4 Å². The van der Waals surface area contributed by atoms with E-state index in [1.54, 1.807) is 24.6 Å². The second kappa shape index (κ2) is 15.3. The Hall–Kier alpha value is -4.05. The molecule has 2 rings (SSSR count). The summed E-state index contributed by atoms with van der Waals surface area (Å²) in [6.07, 6.45) is 7.79. The molecule has 0 spiro atoms. The summed E-state index contributed by atoms with van der Waals surface area (Å²) in [5, 5.41) is 15.8. The molecule has 1 aromatic heterocycles. The zero-order chi connectivity index (χ0) is 28.1. The van der Waals surface area contributed by atoms with Crippen molar-refractivity contribution >= 4 is 46.4 Å². The predicted octanol–water partition coefficient (Wildman–Crippen LogP) is 3.88. The van der Waals surface area contributed by atoms with E-state index in [4.69, 9.17) is 11.1 Å². The van der Waals surface area contributed by atoms with Crippen LogP contribution >= 0.6 is 11.3 Å². The molecule has 2 aromatic rings. The number of aromatic nitrogens is 1. The summed E-state index contributed by atoms with van der Waals surface area (Å²) in [4.78, 5) is 41.6. The number of carbonyl (C=O) groups excluding carboxylic acids is 3. The Morgan fingerprint density at radius 1 is 1.26 bits per heavy atom. The van der Waals surface area contributed by atoms with Crippen LogP contribution in [0.2, 0.25) is 0 Å². The summed E-state index contributed by atoms with van der Waals surface area (Å²) < 4.78 is 0. The van der Waals surface area contributed by atoms with E-state index in [0.29, 0.717) is 35.7 Å². The molecule has 0 aliphatic heterocycles. The molecule has 0 aliphatic rings. The van der Waals surface area contributed by atoms with Crippen LogP contribution in [-0.4, -0.2) is 54.3 Å². The first kappa shape index (κ1) is 30.2. The van der Waals surface area contributed by atoms with Crippen LogP contribution in [0, 0.1) is 18.3 Å². The Labute approximate surface area is 228 Å². The Morgan fingerprint density at radius 2 is 1.97 bits per heavy atom. The zero-order valence-corrected chi connectivity index (χ0v) is 22.9. The quantitative estimate of drug-likeness (QED) is 0.118. The number of nitrogens with zero attached hydrogens (tertiary/aromatic N) is 2. The highest BCUT2D eigenvalue weighted by molar-refractivity contribution is 7.14. The standard InChI is InChI=1S/C28H36N6O3S/c1-5-20(10-13-22(27(37)31-3)26(30)34(4)16-17-35)11-15-25(36)33-28-32-24(18-38-28)23(29)14-12-21-9-7-6-8-19(21)2/h5-9,12,14,17-18,20,29H,1,10-11,13,15-16,30H2,2-4H3,(H,31,37)(H,32,33,36)/b14-12-,26-22-,29-23?. The highest BCUT2D eigenvalue weighted by Crippen LogP contribution is 2.22. The van der Waals surface area contributed by atoms with Crippen LogP contribution in [0.1, 0.15) is 42.5 Å². The minimum absolute atomic E-state index is 0.0174. The van der Waals surface area contributed by atoms with Crippen molar-refractivity contribution < 1.29 is 14.4 Å². The van der Waals surface area contributed by atoms with E-state index in [1.165, 1.54) is 23.3 Å². The van der Waals surface area contributed by atoms with Gasteiger partial charge in [0.25, 0.3) is 5.91 Å². The van der Waals surface area contributed by atoms with Crippen LogP contribution in [0.25, 0.3) is 6.08 Å². The molecule has 0 radical (unpaired) electrons. The minimum Gasteiger partial charge on any atom is -0.385 e. The van der Waals surface area contributed by atoms with Crippen LogP contribution in [-0.2, 0) is 14.4 Å². The first-order chi connectivity index (χ1) is 18.2. The number of likely N-dealkylation sites (N-methyl/N-ethyl adjacent to an activating group) is 2. The number of aryl methyl sites for hydroxylation is 1. The van der Waals surface area contributed by atoms with Gasteiger partial charge in [0.2, 0.25) is 5.91 Å². The first-order valence-corrected chi connectivity index (χ1v) is 13.1. The normalized spacial score (nSPS) is 12.4. The third-order valence-corrected chi connectivity index (χ3v) is 6.81. The molecule has 5 N–H and O–H groups in total.